The van der Waals surface area contributed by atoms with E-state index in [-0.39, 0.29) is 31.8 Å². The molecule has 0 heterocycles. The molecule has 3 N–H and O–H groups in total. The summed E-state index contributed by atoms with van der Waals surface area (Å²) in [6.45, 7) is 2.02. The fourth-order valence-electron chi connectivity index (χ4n) is 4.52. The van der Waals surface area contributed by atoms with Crippen LogP contribution in [0.5, 0.6) is 0 Å². The van der Waals surface area contributed by atoms with E-state index < -0.39 is 30.1 Å². The third kappa shape index (κ3) is 6.82. The first-order chi connectivity index (χ1) is 16.9. The fourth-order valence-corrected chi connectivity index (χ4v) is 4.52. The van der Waals surface area contributed by atoms with Gasteiger partial charge in [0.2, 0.25) is 5.91 Å². The van der Waals surface area contributed by atoms with E-state index in [1.165, 1.54) is 0 Å². The minimum atomic E-state index is -1.01. The van der Waals surface area contributed by atoms with Crippen molar-refractivity contribution < 1.29 is 24.2 Å². The van der Waals surface area contributed by atoms with Gasteiger partial charge < -0.3 is 20.5 Å². The zero-order valence-corrected chi connectivity index (χ0v) is 19.8. The smallest absolute Gasteiger partial charge is 0.407 e. The van der Waals surface area contributed by atoms with Crippen LogP contribution in [0.15, 0.2) is 48.5 Å². The zero-order chi connectivity index (χ0) is 25.2. The molecule has 1 aliphatic carbocycles. The van der Waals surface area contributed by atoms with Gasteiger partial charge in [-0.15, -0.1) is 0 Å². The Hall–Kier alpha value is -3.86. The largest absolute Gasteiger partial charge is 0.481 e. The van der Waals surface area contributed by atoms with E-state index in [2.05, 4.69) is 10.6 Å². The Morgan fingerprint density at radius 1 is 1.03 bits per heavy atom. The van der Waals surface area contributed by atoms with E-state index in [0.29, 0.717) is 19.3 Å². The molecule has 2 atom stereocenters. The van der Waals surface area contributed by atoms with Crippen LogP contribution in [-0.4, -0.2) is 41.8 Å². The first-order valence-corrected chi connectivity index (χ1v) is 11.9. The van der Waals surface area contributed by atoms with Gasteiger partial charge in [0.15, 0.2) is 0 Å². The van der Waals surface area contributed by atoms with E-state index in [0.717, 1.165) is 22.3 Å². The maximum Gasteiger partial charge on any atom is 0.407 e. The molecule has 0 fully saturated rings. The minimum absolute atomic E-state index is 0.108. The lowest BCUT2D eigenvalue weighted by molar-refractivity contribution is -0.137. The molecule has 1 unspecified atom stereocenters. The second kappa shape index (κ2) is 12.6. The molecule has 0 aromatic heterocycles. The van der Waals surface area contributed by atoms with Gasteiger partial charge in [-0.05, 0) is 41.5 Å². The number of hydrogen-bond donors (Lipinski definition) is 3. The van der Waals surface area contributed by atoms with Crippen molar-refractivity contribution in [1.29, 1.82) is 5.26 Å². The number of aliphatic carboxylic acids is 1. The predicted octanol–water partition coefficient (Wildman–Crippen LogP) is 4.35. The summed E-state index contributed by atoms with van der Waals surface area (Å²) in [5, 5.41) is 23.3. The summed E-state index contributed by atoms with van der Waals surface area (Å²) in [6.07, 6.45) is 1.18. The number of alkyl carbamates (subject to hydrolysis) is 1. The molecule has 3 rings (SSSR count). The Balaban J connectivity index is 1.65. The number of nitriles is 1. The van der Waals surface area contributed by atoms with Gasteiger partial charge in [-0.2, -0.15) is 5.26 Å². The molecule has 0 radical (unpaired) electrons. The lowest BCUT2D eigenvalue weighted by Crippen LogP contribution is -2.50. The number of fused-ring (bicyclic) bond motifs is 3. The van der Waals surface area contributed by atoms with E-state index in [9.17, 15) is 14.4 Å². The number of benzene rings is 2. The van der Waals surface area contributed by atoms with Crippen molar-refractivity contribution >= 4 is 18.0 Å². The number of amides is 2. The average molecular weight is 478 g/mol. The third-order valence-corrected chi connectivity index (χ3v) is 6.14. The number of carboxylic acid groups (broad SMARTS) is 1. The maximum atomic E-state index is 12.9. The molecule has 2 aromatic rings. The molecule has 2 aromatic carbocycles. The van der Waals surface area contributed by atoms with E-state index in [1.807, 2.05) is 61.5 Å². The minimum Gasteiger partial charge on any atom is -0.481 e. The maximum absolute atomic E-state index is 12.9. The number of carboxylic acids is 1. The van der Waals surface area contributed by atoms with Gasteiger partial charge in [0.1, 0.15) is 12.6 Å². The molecule has 2 amide bonds. The van der Waals surface area contributed by atoms with Crippen molar-refractivity contribution in [3.63, 3.8) is 0 Å². The van der Waals surface area contributed by atoms with Crippen LogP contribution >= 0.6 is 0 Å². The highest BCUT2D eigenvalue weighted by molar-refractivity contribution is 5.86. The highest BCUT2D eigenvalue weighted by Gasteiger charge is 2.30. The molecule has 0 bridgehead atoms. The van der Waals surface area contributed by atoms with Gasteiger partial charge >= 0.3 is 12.1 Å². The number of nitrogens with zero attached hydrogens (tertiary/aromatic N) is 1. The number of unbranched alkanes of at least 4 members (excludes halogenated alkanes) is 1. The number of hydrogen-bond acceptors (Lipinski definition) is 5. The summed E-state index contributed by atoms with van der Waals surface area (Å²) in [6, 6.07) is 16.6. The van der Waals surface area contributed by atoms with Crippen LogP contribution in [-0.2, 0) is 14.3 Å². The average Bonchev–Trinajstić information content (AvgIpc) is 3.15. The second-order valence-corrected chi connectivity index (χ2v) is 8.66. The Labute approximate surface area is 205 Å². The van der Waals surface area contributed by atoms with Crippen LogP contribution in [0.3, 0.4) is 0 Å². The van der Waals surface area contributed by atoms with Crippen LogP contribution in [0.2, 0.25) is 0 Å². The first kappa shape index (κ1) is 25.8. The molecule has 0 aliphatic heterocycles. The lowest BCUT2D eigenvalue weighted by atomic mass is 9.98. The molecule has 0 saturated heterocycles. The van der Waals surface area contributed by atoms with Crippen LogP contribution in [0.1, 0.15) is 62.5 Å². The fraction of sp³-hybridized carbons (Fsp3) is 0.407. The Morgan fingerprint density at radius 2 is 1.66 bits per heavy atom. The molecule has 8 nitrogen and oxygen atoms in total. The Kier molecular flexibility index (Phi) is 9.24. The van der Waals surface area contributed by atoms with Crippen LogP contribution in [0.25, 0.3) is 11.1 Å². The van der Waals surface area contributed by atoms with Crippen LogP contribution in [0, 0.1) is 11.3 Å². The van der Waals surface area contributed by atoms with Crippen molar-refractivity contribution in [1.82, 2.24) is 10.6 Å². The quantitative estimate of drug-likeness (QED) is 0.390. The van der Waals surface area contributed by atoms with E-state index in [1.54, 1.807) is 0 Å². The SMILES string of the molecule is CCC[C@H](CC(=O)O)NC(=O)C(CCCC#N)NC(=O)OCC1c2ccccc2-c2ccccc21. The summed E-state index contributed by atoms with van der Waals surface area (Å²) >= 11 is 0. The summed E-state index contributed by atoms with van der Waals surface area (Å²) in [7, 11) is 0. The van der Waals surface area contributed by atoms with Gasteiger partial charge in [-0.3, -0.25) is 9.59 Å². The number of carbonyl (C=O) groups excluding carboxylic acids is 2. The number of carbonyl (C=O) groups is 3. The number of ether oxygens (including phenoxy) is 1. The van der Waals surface area contributed by atoms with Crippen molar-refractivity contribution in [2.45, 2.75) is 63.5 Å². The van der Waals surface area contributed by atoms with Crippen molar-refractivity contribution in [2.24, 2.45) is 0 Å². The molecule has 8 heteroatoms. The highest BCUT2D eigenvalue weighted by Crippen LogP contribution is 2.44. The number of rotatable bonds is 12. The molecular weight excluding hydrogens is 446 g/mol. The third-order valence-electron chi connectivity index (χ3n) is 6.14. The normalized spacial score (nSPS) is 13.6. The van der Waals surface area contributed by atoms with Crippen molar-refractivity contribution in [3.8, 4) is 17.2 Å². The van der Waals surface area contributed by atoms with E-state index in [4.69, 9.17) is 15.1 Å². The van der Waals surface area contributed by atoms with Gasteiger partial charge in [-0.1, -0.05) is 61.9 Å². The standard InChI is InChI=1S/C27H31N3O5/c1-2-9-18(16-25(31)32)29-26(33)24(14-7-8-15-28)30-27(34)35-17-23-21-12-5-3-10-19(21)20-11-4-6-13-22(20)23/h3-6,10-13,18,23-24H,2,7-9,14,16-17H2,1H3,(H,29,33)(H,30,34)(H,31,32)/t18-,24?/m1/s1. The summed E-state index contributed by atoms with van der Waals surface area (Å²) in [5.41, 5.74) is 4.40. The highest BCUT2D eigenvalue weighted by atomic mass is 16.5. The van der Waals surface area contributed by atoms with E-state index >= 15 is 0 Å². The summed E-state index contributed by atoms with van der Waals surface area (Å²) in [5.74, 6) is -1.59. The second-order valence-electron chi connectivity index (χ2n) is 8.66. The van der Waals surface area contributed by atoms with Crippen molar-refractivity contribution in [2.75, 3.05) is 6.61 Å². The molecule has 0 spiro atoms. The molecule has 0 saturated carbocycles. The van der Waals surface area contributed by atoms with Gasteiger partial charge in [-0.25, -0.2) is 4.79 Å². The Bertz CT molecular complexity index is 1050. The zero-order valence-electron chi connectivity index (χ0n) is 19.8. The molecule has 35 heavy (non-hydrogen) atoms. The first-order valence-electron chi connectivity index (χ1n) is 11.9. The predicted molar refractivity (Wildman–Crippen MR) is 131 cm³/mol. The van der Waals surface area contributed by atoms with Gasteiger partial charge in [0.05, 0.1) is 12.5 Å². The van der Waals surface area contributed by atoms with Gasteiger partial charge in [0.25, 0.3) is 0 Å². The molecular formula is C27H31N3O5. The van der Waals surface area contributed by atoms with Crippen LogP contribution < -0.4 is 10.6 Å². The molecule has 184 valence electrons. The summed E-state index contributed by atoms with van der Waals surface area (Å²) in [4.78, 5) is 36.7. The molecule has 1 aliphatic rings. The van der Waals surface area contributed by atoms with Gasteiger partial charge in [0, 0.05) is 18.4 Å². The van der Waals surface area contributed by atoms with Crippen LogP contribution in [0.4, 0.5) is 4.79 Å². The number of nitrogens with one attached hydrogen (secondary N) is 2. The summed E-state index contributed by atoms with van der Waals surface area (Å²) < 4.78 is 5.55. The lowest BCUT2D eigenvalue weighted by Gasteiger charge is -2.22. The Morgan fingerprint density at radius 3 is 2.23 bits per heavy atom. The van der Waals surface area contributed by atoms with Crippen molar-refractivity contribution in [3.05, 3.63) is 59.7 Å². The monoisotopic (exact) mass is 477 g/mol. The topological polar surface area (TPSA) is 129 Å².